The Hall–Kier alpha value is -2.00. The number of para-hydroxylation sites is 1. The van der Waals surface area contributed by atoms with E-state index in [1.54, 1.807) is 11.0 Å². The van der Waals surface area contributed by atoms with Crippen molar-refractivity contribution in [2.24, 2.45) is 0 Å². The Labute approximate surface area is 130 Å². The minimum absolute atomic E-state index is 0.0358. The summed E-state index contributed by atoms with van der Waals surface area (Å²) in [6, 6.07) is 15.0. The molecule has 2 aromatic rings. The number of amides is 1. The lowest BCUT2D eigenvalue weighted by Gasteiger charge is -2.21. The predicted molar refractivity (Wildman–Crippen MR) is 86.2 cm³/mol. The fourth-order valence-corrected chi connectivity index (χ4v) is 2.22. The fourth-order valence-electron chi connectivity index (χ4n) is 2.05. The number of aryl methyl sites for hydroxylation is 1. The van der Waals surface area contributed by atoms with Crippen LogP contribution >= 0.6 is 11.6 Å². The van der Waals surface area contributed by atoms with Gasteiger partial charge in [-0.15, -0.1) is 0 Å². The molecule has 21 heavy (non-hydrogen) atoms. The maximum Gasteiger partial charge on any atom is 0.264 e. The first-order valence-electron chi connectivity index (χ1n) is 6.86. The molecule has 2 rings (SSSR count). The summed E-state index contributed by atoms with van der Waals surface area (Å²) in [5.74, 6) is 0.440. The number of carbonyl (C=O) groups is 1. The molecule has 0 N–H and O–H groups in total. The second-order valence-corrected chi connectivity index (χ2v) is 5.10. The molecule has 0 heterocycles. The van der Waals surface area contributed by atoms with Gasteiger partial charge < -0.3 is 9.64 Å². The Kier molecular flexibility index (Phi) is 5.23. The van der Waals surface area contributed by atoms with Gasteiger partial charge in [0.15, 0.2) is 6.61 Å². The van der Waals surface area contributed by atoms with Gasteiger partial charge >= 0.3 is 0 Å². The van der Waals surface area contributed by atoms with Crippen LogP contribution < -0.4 is 9.64 Å². The molecular weight excluding hydrogens is 286 g/mol. The third kappa shape index (κ3) is 3.99. The molecular formula is C17H18ClNO2. The lowest BCUT2D eigenvalue weighted by molar-refractivity contribution is -0.120. The summed E-state index contributed by atoms with van der Waals surface area (Å²) in [7, 11) is 0. The zero-order valence-corrected chi connectivity index (χ0v) is 12.9. The molecule has 0 aliphatic carbocycles. The van der Waals surface area contributed by atoms with Crippen LogP contribution in [0.5, 0.6) is 5.75 Å². The first-order valence-corrected chi connectivity index (χ1v) is 7.24. The minimum Gasteiger partial charge on any atom is -0.482 e. The number of benzene rings is 2. The van der Waals surface area contributed by atoms with Gasteiger partial charge in [-0.1, -0.05) is 35.9 Å². The van der Waals surface area contributed by atoms with E-state index in [0.29, 0.717) is 17.3 Å². The normalized spacial score (nSPS) is 10.2. The van der Waals surface area contributed by atoms with Crippen LogP contribution in [0, 0.1) is 6.92 Å². The first-order chi connectivity index (χ1) is 10.1. The van der Waals surface area contributed by atoms with Crippen LogP contribution in [0.1, 0.15) is 12.5 Å². The van der Waals surface area contributed by atoms with Crippen molar-refractivity contribution in [1.82, 2.24) is 0 Å². The van der Waals surface area contributed by atoms with Crippen molar-refractivity contribution in [2.45, 2.75) is 13.8 Å². The summed E-state index contributed by atoms with van der Waals surface area (Å²) in [5, 5.41) is 0.510. The molecule has 0 aliphatic heterocycles. The smallest absolute Gasteiger partial charge is 0.264 e. The number of rotatable bonds is 5. The molecule has 0 atom stereocenters. The number of hydrogen-bond donors (Lipinski definition) is 0. The third-order valence-electron chi connectivity index (χ3n) is 3.12. The van der Waals surface area contributed by atoms with Gasteiger partial charge in [-0.25, -0.2) is 0 Å². The van der Waals surface area contributed by atoms with Gasteiger partial charge in [0.25, 0.3) is 5.91 Å². The maximum absolute atomic E-state index is 12.3. The predicted octanol–water partition coefficient (Wildman–Crippen LogP) is 4.08. The van der Waals surface area contributed by atoms with E-state index in [4.69, 9.17) is 16.3 Å². The van der Waals surface area contributed by atoms with Gasteiger partial charge in [0, 0.05) is 12.2 Å². The van der Waals surface area contributed by atoms with E-state index in [9.17, 15) is 4.79 Å². The van der Waals surface area contributed by atoms with Crippen molar-refractivity contribution in [3.8, 4) is 5.75 Å². The lowest BCUT2D eigenvalue weighted by atomic mass is 10.2. The number of anilines is 1. The third-order valence-corrected chi connectivity index (χ3v) is 3.44. The summed E-state index contributed by atoms with van der Waals surface area (Å²) in [4.78, 5) is 14.0. The topological polar surface area (TPSA) is 29.5 Å². The minimum atomic E-state index is -0.0960. The van der Waals surface area contributed by atoms with Gasteiger partial charge in [-0.3, -0.25) is 4.79 Å². The largest absolute Gasteiger partial charge is 0.482 e. The van der Waals surface area contributed by atoms with Gasteiger partial charge in [-0.05, 0) is 43.7 Å². The molecule has 110 valence electrons. The molecule has 0 aliphatic rings. The summed E-state index contributed by atoms with van der Waals surface area (Å²) < 4.78 is 5.56. The van der Waals surface area contributed by atoms with Gasteiger partial charge in [0.05, 0.1) is 5.02 Å². The van der Waals surface area contributed by atoms with E-state index in [1.165, 1.54) is 0 Å². The van der Waals surface area contributed by atoms with Gasteiger partial charge in [-0.2, -0.15) is 0 Å². The van der Waals surface area contributed by atoms with Crippen LogP contribution in [-0.2, 0) is 4.79 Å². The molecule has 0 fully saturated rings. The Morgan fingerprint density at radius 2 is 1.90 bits per heavy atom. The Morgan fingerprint density at radius 1 is 1.19 bits per heavy atom. The second kappa shape index (κ2) is 7.14. The highest BCUT2D eigenvalue weighted by Gasteiger charge is 2.15. The van der Waals surface area contributed by atoms with Crippen molar-refractivity contribution in [1.29, 1.82) is 0 Å². The molecule has 4 heteroatoms. The van der Waals surface area contributed by atoms with E-state index >= 15 is 0 Å². The monoisotopic (exact) mass is 303 g/mol. The zero-order valence-electron chi connectivity index (χ0n) is 12.2. The number of ether oxygens (including phenoxy) is 1. The fraction of sp³-hybridized carbons (Fsp3) is 0.235. The number of halogens is 1. The first kappa shape index (κ1) is 15.4. The van der Waals surface area contributed by atoms with Crippen molar-refractivity contribution < 1.29 is 9.53 Å². The second-order valence-electron chi connectivity index (χ2n) is 4.70. The molecule has 0 aromatic heterocycles. The van der Waals surface area contributed by atoms with E-state index < -0.39 is 0 Å². The number of nitrogens with zero attached hydrogens (tertiary/aromatic N) is 1. The summed E-state index contributed by atoms with van der Waals surface area (Å²) in [6.07, 6.45) is 0. The Bertz CT molecular complexity index is 613. The van der Waals surface area contributed by atoms with Crippen LogP contribution in [0.4, 0.5) is 5.69 Å². The average molecular weight is 304 g/mol. The molecule has 0 saturated heterocycles. The van der Waals surface area contributed by atoms with Crippen LogP contribution in [-0.4, -0.2) is 19.1 Å². The summed E-state index contributed by atoms with van der Waals surface area (Å²) >= 11 is 6.06. The highest BCUT2D eigenvalue weighted by atomic mass is 35.5. The molecule has 0 saturated carbocycles. The van der Waals surface area contributed by atoms with E-state index in [1.807, 2.05) is 56.3 Å². The molecule has 3 nitrogen and oxygen atoms in total. The molecule has 2 aromatic carbocycles. The molecule has 0 bridgehead atoms. The van der Waals surface area contributed by atoms with Gasteiger partial charge in [0.2, 0.25) is 0 Å². The summed E-state index contributed by atoms with van der Waals surface area (Å²) in [6.45, 7) is 4.44. The van der Waals surface area contributed by atoms with E-state index in [2.05, 4.69) is 0 Å². The highest BCUT2D eigenvalue weighted by molar-refractivity contribution is 6.32. The van der Waals surface area contributed by atoms with Crippen LogP contribution in [0.3, 0.4) is 0 Å². The quantitative estimate of drug-likeness (QED) is 0.833. The average Bonchev–Trinajstić information content (AvgIpc) is 2.50. The van der Waals surface area contributed by atoms with Crippen molar-refractivity contribution >= 4 is 23.2 Å². The van der Waals surface area contributed by atoms with Crippen molar-refractivity contribution in [3.63, 3.8) is 0 Å². The standard InChI is InChI=1S/C17H18ClNO2/c1-3-19(14-7-5-4-6-8-14)17(20)12-21-16-11-13(2)9-10-15(16)18/h4-11H,3,12H2,1-2H3. The SMILES string of the molecule is CCN(C(=O)COc1cc(C)ccc1Cl)c1ccccc1. The maximum atomic E-state index is 12.3. The lowest BCUT2D eigenvalue weighted by Crippen LogP contribution is -2.34. The Morgan fingerprint density at radius 3 is 2.57 bits per heavy atom. The van der Waals surface area contributed by atoms with Gasteiger partial charge in [0.1, 0.15) is 5.75 Å². The number of carbonyl (C=O) groups excluding carboxylic acids is 1. The van der Waals surface area contributed by atoms with Crippen molar-refractivity contribution in [2.75, 3.05) is 18.1 Å². The molecule has 0 radical (unpaired) electrons. The molecule has 0 unspecified atom stereocenters. The molecule has 0 spiro atoms. The Balaban J connectivity index is 2.05. The summed E-state index contributed by atoms with van der Waals surface area (Å²) in [5.41, 5.74) is 1.90. The zero-order chi connectivity index (χ0) is 15.2. The number of hydrogen-bond acceptors (Lipinski definition) is 2. The number of likely N-dealkylation sites (N-methyl/N-ethyl adjacent to an activating group) is 1. The van der Waals surface area contributed by atoms with Crippen LogP contribution in [0.25, 0.3) is 0 Å². The van der Waals surface area contributed by atoms with Crippen LogP contribution in [0.2, 0.25) is 5.02 Å². The van der Waals surface area contributed by atoms with E-state index in [-0.39, 0.29) is 12.5 Å². The molecule has 1 amide bonds. The van der Waals surface area contributed by atoms with E-state index in [0.717, 1.165) is 11.3 Å². The highest BCUT2D eigenvalue weighted by Crippen LogP contribution is 2.25. The van der Waals surface area contributed by atoms with Crippen molar-refractivity contribution in [3.05, 3.63) is 59.1 Å². The van der Waals surface area contributed by atoms with Crippen LogP contribution in [0.15, 0.2) is 48.5 Å².